The number of nitrogens with zero attached hydrogens (tertiary/aromatic N) is 2. The molecule has 0 aliphatic rings. The van der Waals surface area contributed by atoms with E-state index in [1.54, 1.807) is 19.1 Å². The molecule has 0 heterocycles. The molecule has 0 bridgehead atoms. The van der Waals surface area contributed by atoms with Crippen LogP contribution >= 0.6 is 23.2 Å². The van der Waals surface area contributed by atoms with Crippen LogP contribution < -0.4 is 9.62 Å². The number of rotatable bonds is 11. The Morgan fingerprint density at radius 3 is 2.44 bits per heavy atom. The lowest BCUT2D eigenvalue weighted by molar-refractivity contribution is -0.139. The SMILES string of the molecule is CCCCNC(=O)[C@@H](C)N(Cc1ccc(Cl)cc1Cl)C(=O)CN(c1cccc(F)c1)S(C)(=O)=O. The van der Waals surface area contributed by atoms with Crippen LogP contribution in [0.1, 0.15) is 32.3 Å². The van der Waals surface area contributed by atoms with Crippen molar-refractivity contribution in [3.63, 3.8) is 0 Å². The Kier molecular flexibility index (Phi) is 10.1. The fourth-order valence-electron chi connectivity index (χ4n) is 3.20. The summed E-state index contributed by atoms with van der Waals surface area (Å²) in [4.78, 5) is 27.4. The normalized spacial score (nSPS) is 12.2. The van der Waals surface area contributed by atoms with Gasteiger partial charge in [-0.1, -0.05) is 48.7 Å². The number of hydrogen-bond acceptors (Lipinski definition) is 4. The van der Waals surface area contributed by atoms with Crippen LogP contribution in [0.2, 0.25) is 10.0 Å². The molecule has 2 rings (SSSR count). The number of hydrogen-bond donors (Lipinski definition) is 1. The lowest BCUT2D eigenvalue weighted by Gasteiger charge is -2.31. The molecule has 1 N–H and O–H groups in total. The Hall–Kier alpha value is -2.36. The number of carbonyl (C=O) groups is 2. The van der Waals surface area contributed by atoms with Crippen molar-refractivity contribution in [1.29, 1.82) is 0 Å². The standard InChI is InChI=1S/C23H28Cl2FN3O4S/c1-4-5-11-27-23(31)16(2)28(14-17-9-10-18(24)12-21(17)25)22(30)15-29(34(3,32)33)20-8-6-7-19(26)13-20/h6-10,12-13,16H,4-5,11,14-15H2,1-3H3,(H,27,31)/t16-/m1/s1. The van der Waals surface area contributed by atoms with E-state index >= 15 is 0 Å². The topological polar surface area (TPSA) is 86.8 Å². The second-order valence-electron chi connectivity index (χ2n) is 7.83. The lowest BCUT2D eigenvalue weighted by Crippen LogP contribution is -2.51. The lowest BCUT2D eigenvalue weighted by atomic mass is 10.1. The van der Waals surface area contributed by atoms with Crippen molar-refractivity contribution in [2.24, 2.45) is 0 Å². The van der Waals surface area contributed by atoms with Crippen LogP contribution in [-0.4, -0.2) is 50.5 Å². The second-order valence-corrected chi connectivity index (χ2v) is 10.6. The molecule has 0 aliphatic heterocycles. The van der Waals surface area contributed by atoms with Crippen LogP contribution in [0, 0.1) is 5.82 Å². The van der Waals surface area contributed by atoms with Gasteiger partial charge in [-0.15, -0.1) is 0 Å². The van der Waals surface area contributed by atoms with Crippen LogP contribution in [0.5, 0.6) is 0 Å². The number of amides is 2. The van der Waals surface area contributed by atoms with Gasteiger partial charge in [0.05, 0.1) is 11.9 Å². The molecule has 186 valence electrons. The van der Waals surface area contributed by atoms with Gasteiger partial charge in [-0.2, -0.15) is 0 Å². The molecular formula is C23H28Cl2FN3O4S. The third-order valence-corrected chi connectivity index (χ3v) is 6.86. The van der Waals surface area contributed by atoms with Crippen LogP contribution in [-0.2, 0) is 26.2 Å². The average Bonchev–Trinajstić information content (AvgIpc) is 2.75. The van der Waals surface area contributed by atoms with Crippen molar-refractivity contribution in [3.8, 4) is 0 Å². The van der Waals surface area contributed by atoms with Crippen LogP contribution in [0.4, 0.5) is 10.1 Å². The van der Waals surface area contributed by atoms with E-state index in [1.165, 1.54) is 29.2 Å². The summed E-state index contributed by atoms with van der Waals surface area (Å²) in [5, 5.41) is 3.49. The Morgan fingerprint density at radius 1 is 1.15 bits per heavy atom. The van der Waals surface area contributed by atoms with E-state index < -0.39 is 34.3 Å². The molecule has 0 radical (unpaired) electrons. The van der Waals surface area contributed by atoms with Gasteiger partial charge in [-0.05, 0) is 49.2 Å². The van der Waals surface area contributed by atoms with Gasteiger partial charge in [0.1, 0.15) is 18.4 Å². The first-order valence-corrected chi connectivity index (χ1v) is 13.3. The van der Waals surface area contributed by atoms with E-state index in [0.29, 0.717) is 22.2 Å². The molecule has 0 saturated carbocycles. The molecule has 7 nitrogen and oxygen atoms in total. The molecular weight excluding hydrogens is 504 g/mol. The van der Waals surface area contributed by atoms with Crippen LogP contribution in [0.3, 0.4) is 0 Å². The molecule has 0 fully saturated rings. The van der Waals surface area contributed by atoms with Crippen molar-refractivity contribution < 1.29 is 22.4 Å². The van der Waals surface area contributed by atoms with Gasteiger partial charge < -0.3 is 10.2 Å². The molecule has 1 atom stereocenters. The maximum atomic E-state index is 13.8. The first-order valence-electron chi connectivity index (χ1n) is 10.7. The van der Waals surface area contributed by atoms with Crippen molar-refractivity contribution in [2.75, 3.05) is 23.7 Å². The molecule has 11 heteroatoms. The zero-order valence-corrected chi connectivity index (χ0v) is 21.6. The summed E-state index contributed by atoms with van der Waals surface area (Å²) in [6, 6.07) is 8.76. The molecule has 0 aliphatic carbocycles. The fraction of sp³-hybridized carbons (Fsp3) is 0.391. The summed E-state index contributed by atoms with van der Waals surface area (Å²) < 4.78 is 39.5. The highest BCUT2D eigenvalue weighted by atomic mass is 35.5. The summed E-state index contributed by atoms with van der Waals surface area (Å²) >= 11 is 12.3. The van der Waals surface area contributed by atoms with Crippen LogP contribution in [0.15, 0.2) is 42.5 Å². The fourth-order valence-corrected chi connectivity index (χ4v) is 4.51. The highest BCUT2D eigenvalue weighted by Crippen LogP contribution is 2.24. The third-order valence-electron chi connectivity index (χ3n) is 5.13. The maximum Gasteiger partial charge on any atom is 0.244 e. The summed E-state index contributed by atoms with van der Waals surface area (Å²) in [6.45, 7) is 3.30. The number of unbranched alkanes of at least 4 members (excludes halogenated alkanes) is 1. The van der Waals surface area contributed by atoms with Gasteiger partial charge in [0.25, 0.3) is 0 Å². The predicted molar refractivity (Wildman–Crippen MR) is 133 cm³/mol. The van der Waals surface area contributed by atoms with Gasteiger partial charge in [-0.3, -0.25) is 13.9 Å². The number of anilines is 1. The third kappa shape index (κ3) is 7.85. The minimum Gasteiger partial charge on any atom is -0.354 e. The minimum atomic E-state index is -3.94. The molecule has 0 saturated heterocycles. The van der Waals surface area contributed by atoms with Crippen molar-refractivity contribution in [1.82, 2.24) is 10.2 Å². The average molecular weight is 532 g/mol. The van der Waals surface area contributed by atoms with E-state index in [4.69, 9.17) is 23.2 Å². The highest BCUT2D eigenvalue weighted by Gasteiger charge is 2.30. The Bertz CT molecular complexity index is 1130. The van der Waals surface area contributed by atoms with E-state index in [1.807, 2.05) is 6.92 Å². The monoisotopic (exact) mass is 531 g/mol. The van der Waals surface area contributed by atoms with Crippen molar-refractivity contribution in [3.05, 3.63) is 63.9 Å². The van der Waals surface area contributed by atoms with Crippen molar-refractivity contribution >= 4 is 50.7 Å². The largest absolute Gasteiger partial charge is 0.354 e. The van der Waals surface area contributed by atoms with E-state index in [9.17, 15) is 22.4 Å². The van der Waals surface area contributed by atoms with Gasteiger partial charge in [0.15, 0.2) is 0 Å². The summed E-state index contributed by atoms with van der Waals surface area (Å²) in [7, 11) is -3.94. The second kappa shape index (κ2) is 12.4. The van der Waals surface area contributed by atoms with E-state index in [2.05, 4.69) is 5.32 Å². The van der Waals surface area contributed by atoms with Crippen molar-refractivity contribution in [2.45, 2.75) is 39.3 Å². The Morgan fingerprint density at radius 2 is 1.85 bits per heavy atom. The molecule has 2 amide bonds. The summed E-state index contributed by atoms with van der Waals surface area (Å²) in [6.07, 6.45) is 2.58. The van der Waals surface area contributed by atoms with Gasteiger partial charge in [0.2, 0.25) is 21.8 Å². The number of benzene rings is 2. The highest BCUT2D eigenvalue weighted by molar-refractivity contribution is 7.92. The van der Waals surface area contributed by atoms with Gasteiger partial charge in [-0.25, -0.2) is 12.8 Å². The number of sulfonamides is 1. The molecule has 34 heavy (non-hydrogen) atoms. The smallest absolute Gasteiger partial charge is 0.244 e. The molecule has 0 aromatic heterocycles. The minimum absolute atomic E-state index is 0.000348. The predicted octanol–water partition coefficient (Wildman–Crippen LogP) is 4.23. The number of halogens is 3. The first kappa shape index (κ1) is 27.9. The molecule has 2 aromatic rings. The van der Waals surface area contributed by atoms with E-state index in [-0.39, 0.29) is 18.1 Å². The number of carbonyl (C=O) groups excluding carboxylic acids is 2. The maximum absolute atomic E-state index is 13.8. The Balaban J connectivity index is 2.38. The van der Waals surface area contributed by atoms with Crippen LogP contribution in [0.25, 0.3) is 0 Å². The zero-order chi connectivity index (χ0) is 25.5. The Labute approximate surface area is 209 Å². The summed E-state index contributed by atoms with van der Waals surface area (Å²) in [5.41, 5.74) is 0.532. The molecule has 0 spiro atoms. The molecule has 0 unspecified atom stereocenters. The van der Waals surface area contributed by atoms with Gasteiger partial charge >= 0.3 is 0 Å². The first-order chi connectivity index (χ1) is 15.9. The van der Waals surface area contributed by atoms with E-state index in [0.717, 1.165) is 29.5 Å². The quantitative estimate of drug-likeness (QED) is 0.439. The number of nitrogens with one attached hydrogen (secondary N) is 1. The van der Waals surface area contributed by atoms with Gasteiger partial charge in [0, 0.05) is 23.1 Å². The zero-order valence-electron chi connectivity index (χ0n) is 19.2. The summed E-state index contributed by atoms with van der Waals surface area (Å²) in [5.74, 6) is -1.69. The molecule has 2 aromatic carbocycles.